The molecular formula is C10H10F3NO3. The van der Waals surface area contributed by atoms with E-state index in [1.165, 1.54) is 19.1 Å². The van der Waals surface area contributed by atoms with Gasteiger partial charge in [-0.05, 0) is 18.1 Å². The Bertz CT molecular complexity index is 431. The highest BCUT2D eigenvalue weighted by Gasteiger charge is 2.38. The molecule has 94 valence electrons. The Morgan fingerprint density at radius 1 is 1.47 bits per heavy atom. The second-order valence-corrected chi connectivity index (χ2v) is 3.63. The fourth-order valence-corrected chi connectivity index (χ4v) is 1.32. The summed E-state index contributed by atoms with van der Waals surface area (Å²) in [5.41, 5.74) is 0.294. The van der Waals surface area contributed by atoms with Crippen molar-refractivity contribution in [2.45, 2.75) is 25.6 Å². The van der Waals surface area contributed by atoms with Gasteiger partial charge in [-0.1, -0.05) is 6.07 Å². The van der Waals surface area contributed by atoms with Crippen LogP contribution in [-0.2, 0) is 6.42 Å². The van der Waals surface area contributed by atoms with Crippen molar-refractivity contribution in [2.24, 2.45) is 0 Å². The summed E-state index contributed by atoms with van der Waals surface area (Å²) in [6, 6.07) is 3.61. The lowest BCUT2D eigenvalue weighted by atomic mass is 10.0. The van der Waals surface area contributed by atoms with E-state index in [1.54, 1.807) is 0 Å². The molecule has 0 saturated carbocycles. The molecular weight excluding hydrogens is 239 g/mol. The number of nitrogens with zero attached hydrogens (tertiary/aromatic N) is 1. The molecule has 0 aliphatic rings. The minimum Gasteiger partial charge on any atom is -0.383 e. The monoisotopic (exact) mass is 249 g/mol. The number of alkyl halides is 3. The minimum absolute atomic E-state index is 0.115. The maximum Gasteiger partial charge on any atom is 0.414 e. The summed E-state index contributed by atoms with van der Waals surface area (Å²) in [6.07, 6.45) is -7.92. The van der Waals surface area contributed by atoms with Gasteiger partial charge in [0.25, 0.3) is 5.69 Å². The molecule has 0 bridgehead atoms. The Morgan fingerprint density at radius 3 is 2.53 bits per heavy atom. The number of nitro groups is 1. The molecule has 0 saturated heterocycles. The summed E-state index contributed by atoms with van der Waals surface area (Å²) in [6.45, 7) is 1.53. The summed E-state index contributed by atoms with van der Waals surface area (Å²) in [7, 11) is 0. The Kier molecular flexibility index (Phi) is 3.72. The quantitative estimate of drug-likeness (QED) is 0.660. The highest BCUT2D eigenvalue weighted by molar-refractivity contribution is 5.39. The molecule has 0 aliphatic carbocycles. The maximum absolute atomic E-state index is 12.1. The van der Waals surface area contributed by atoms with Gasteiger partial charge in [0.2, 0.25) is 0 Å². The predicted octanol–water partition coefficient (Wildman–Crippen LogP) is 2.37. The van der Waals surface area contributed by atoms with Crippen molar-refractivity contribution in [3.05, 3.63) is 39.4 Å². The van der Waals surface area contributed by atoms with Crippen LogP contribution in [0.5, 0.6) is 0 Å². The topological polar surface area (TPSA) is 63.4 Å². The first kappa shape index (κ1) is 13.4. The van der Waals surface area contributed by atoms with Crippen LogP contribution in [0.25, 0.3) is 0 Å². The standard InChI is InChI=1S/C10H10F3NO3/c1-6-2-3-8(14(16)17)4-7(6)5-9(15)10(11,12)13/h2-4,9,15H,5H2,1H3. The molecule has 0 heterocycles. The van der Waals surface area contributed by atoms with Crippen LogP contribution in [0.1, 0.15) is 11.1 Å². The van der Waals surface area contributed by atoms with Crippen molar-refractivity contribution in [3.63, 3.8) is 0 Å². The molecule has 0 spiro atoms. The normalized spacial score (nSPS) is 13.5. The van der Waals surface area contributed by atoms with Gasteiger partial charge in [-0.25, -0.2) is 0 Å². The van der Waals surface area contributed by atoms with Gasteiger partial charge in [0.15, 0.2) is 6.10 Å². The molecule has 1 rings (SSSR count). The Hall–Kier alpha value is -1.63. The number of non-ortho nitro benzene ring substituents is 1. The SMILES string of the molecule is Cc1ccc([N+](=O)[O-])cc1CC(O)C(F)(F)F. The van der Waals surface area contributed by atoms with Crippen LogP contribution in [-0.4, -0.2) is 22.3 Å². The van der Waals surface area contributed by atoms with E-state index >= 15 is 0 Å². The van der Waals surface area contributed by atoms with Gasteiger partial charge >= 0.3 is 6.18 Å². The zero-order valence-corrected chi connectivity index (χ0v) is 8.86. The molecule has 1 atom stereocenters. The van der Waals surface area contributed by atoms with E-state index in [4.69, 9.17) is 5.11 Å². The van der Waals surface area contributed by atoms with Crippen LogP contribution >= 0.6 is 0 Å². The van der Waals surface area contributed by atoms with Gasteiger partial charge in [0, 0.05) is 18.6 Å². The Morgan fingerprint density at radius 2 is 2.06 bits per heavy atom. The average Bonchev–Trinajstić information content (AvgIpc) is 2.19. The first-order valence-electron chi connectivity index (χ1n) is 4.70. The molecule has 0 radical (unpaired) electrons. The van der Waals surface area contributed by atoms with Crippen molar-refractivity contribution in [3.8, 4) is 0 Å². The largest absolute Gasteiger partial charge is 0.414 e. The molecule has 0 amide bonds. The second kappa shape index (κ2) is 4.70. The van der Waals surface area contributed by atoms with Crippen molar-refractivity contribution >= 4 is 5.69 Å². The third-order valence-electron chi connectivity index (χ3n) is 2.33. The maximum atomic E-state index is 12.1. The van der Waals surface area contributed by atoms with E-state index in [0.717, 1.165) is 6.07 Å². The number of rotatable bonds is 3. The highest BCUT2D eigenvalue weighted by Crippen LogP contribution is 2.25. The summed E-state index contributed by atoms with van der Waals surface area (Å²) in [5.74, 6) is 0. The van der Waals surface area contributed by atoms with Crippen molar-refractivity contribution in [2.75, 3.05) is 0 Å². The fraction of sp³-hybridized carbons (Fsp3) is 0.400. The first-order valence-corrected chi connectivity index (χ1v) is 4.70. The molecule has 7 heteroatoms. The number of aliphatic hydroxyl groups is 1. The average molecular weight is 249 g/mol. The van der Waals surface area contributed by atoms with E-state index in [1.807, 2.05) is 0 Å². The third-order valence-corrected chi connectivity index (χ3v) is 2.33. The van der Waals surface area contributed by atoms with E-state index in [9.17, 15) is 23.3 Å². The summed E-state index contributed by atoms with van der Waals surface area (Å²) in [5, 5.41) is 19.4. The number of aliphatic hydroxyl groups excluding tert-OH is 1. The van der Waals surface area contributed by atoms with Gasteiger partial charge in [-0.2, -0.15) is 13.2 Å². The zero-order chi connectivity index (χ0) is 13.2. The molecule has 1 aromatic carbocycles. The van der Waals surface area contributed by atoms with Gasteiger partial charge in [0.1, 0.15) is 0 Å². The van der Waals surface area contributed by atoms with E-state index < -0.39 is 23.6 Å². The number of benzene rings is 1. The highest BCUT2D eigenvalue weighted by atomic mass is 19.4. The summed E-state index contributed by atoms with van der Waals surface area (Å²) >= 11 is 0. The van der Waals surface area contributed by atoms with Gasteiger partial charge in [-0.3, -0.25) is 10.1 Å². The molecule has 17 heavy (non-hydrogen) atoms. The van der Waals surface area contributed by atoms with Crippen molar-refractivity contribution in [1.29, 1.82) is 0 Å². The van der Waals surface area contributed by atoms with Crippen LogP contribution in [0.2, 0.25) is 0 Å². The number of halogens is 3. The molecule has 0 aliphatic heterocycles. The Labute approximate surface area is 94.8 Å². The van der Waals surface area contributed by atoms with Gasteiger partial charge in [0.05, 0.1) is 4.92 Å². The molecule has 0 aromatic heterocycles. The number of nitro benzene ring substituents is 1. The van der Waals surface area contributed by atoms with Crippen LogP contribution in [0.3, 0.4) is 0 Å². The molecule has 4 nitrogen and oxygen atoms in total. The van der Waals surface area contributed by atoms with Crippen LogP contribution in [0.15, 0.2) is 18.2 Å². The minimum atomic E-state index is -4.73. The van der Waals surface area contributed by atoms with Crippen LogP contribution in [0.4, 0.5) is 18.9 Å². The number of hydrogen-bond donors (Lipinski definition) is 1. The third kappa shape index (κ3) is 3.42. The second-order valence-electron chi connectivity index (χ2n) is 3.63. The predicted molar refractivity (Wildman–Crippen MR) is 53.6 cm³/mol. The smallest absolute Gasteiger partial charge is 0.383 e. The van der Waals surface area contributed by atoms with E-state index in [2.05, 4.69) is 0 Å². The summed E-state index contributed by atoms with van der Waals surface area (Å²) < 4.78 is 36.4. The molecule has 1 N–H and O–H groups in total. The van der Waals surface area contributed by atoms with E-state index in [-0.39, 0.29) is 11.3 Å². The lowest BCUT2D eigenvalue weighted by molar-refractivity contribution is -0.384. The lowest BCUT2D eigenvalue weighted by Gasteiger charge is -2.15. The van der Waals surface area contributed by atoms with E-state index in [0.29, 0.717) is 5.56 Å². The number of hydrogen-bond acceptors (Lipinski definition) is 3. The first-order chi connectivity index (χ1) is 7.71. The fourth-order valence-electron chi connectivity index (χ4n) is 1.32. The van der Waals surface area contributed by atoms with Crippen LogP contribution < -0.4 is 0 Å². The lowest BCUT2D eigenvalue weighted by Crippen LogP contribution is -2.30. The zero-order valence-electron chi connectivity index (χ0n) is 8.86. The van der Waals surface area contributed by atoms with Crippen molar-refractivity contribution in [1.82, 2.24) is 0 Å². The van der Waals surface area contributed by atoms with Crippen LogP contribution in [0, 0.1) is 17.0 Å². The summed E-state index contributed by atoms with van der Waals surface area (Å²) in [4.78, 5) is 9.78. The Balaban J connectivity index is 2.98. The van der Waals surface area contributed by atoms with Gasteiger partial charge < -0.3 is 5.11 Å². The molecule has 1 aromatic rings. The van der Waals surface area contributed by atoms with Gasteiger partial charge in [-0.15, -0.1) is 0 Å². The molecule has 0 fully saturated rings. The number of aryl methyl sites for hydroxylation is 1. The van der Waals surface area contributed by atoms with Crippen molar-refractivity contribution < 1.29 is 23.2 Å². The molecule has 1 unspecified atom stereocenters.